The van der Waals surface area contributed by atoms with Crippen molar-refractivity contribution in [3.8, 4) is 5.75 Å². The second kappa shape index (κ2) is 8.22. The van der Waals surface area contributed by atoms with Gasteiger partial charge in [0.1, 0.15) is 17.0 Å². The van der Waals surface area contributed by atoms with Crippen molar-refractivity contribution >= 4 is 22.5 Å². The zero-order valence-corrected chi connectivity index (χ0v) is 15.8. The Hall–Kier alpha value is -2.55. The number of likely N-dealkylation sites (N-methyl/N-ethyl adjacent to an activating group) is 1. The normalized spacial score (nSPS) is 15.7. The number of halogens is 3. The molecule has 0 saturated carbocycles. The Bertz CT molecular complexity index is 849. The van der Waals surface area contributed by atoms with E-state index < -0.39 is 11.9 Å². The number of nitrogens with one attached hydrogen (secondary N) is 1. The quantitative estimate of drug-likeness (QED) is 0.842. The van der Waals surface area contributed by atoms with Crippen molar-refractivity contribution in [2.75, 3.05) is 51.3 Å². The van der Waals surface area contributed by atoms with Gasteiger partial charge in [-0.25, -0.2) is 4.98 Å². The first kappa shape index (κ1) is 20.2. The second-order valence-electron chi connectivity index (χ2n) is 6.59. The number of carbonyl (C=O) groups excluding carboxylic acids is 1. The smallest absolute Gasteiger partial charge is 0.433 e. The molecule has 2 heterocycles. The van der Waals surface area contributed by atoms with E-state index in [0.717, 1.165) is 11.8 Å². The van der Waals surface area contributed by atoms with E-state index in [1.807, 2.05) is 13.0 Å². The lowest BCUT2D eigenvalue weighted by molar-refractivity contribution is -0.141. The lowest BCUT2D eigenvalue weighted by Gasteiger charge is -2.36. The molecule has 0 bridgehead atoms. The maximum absolute atomic E-state index is 13.1. The predicted octanol–water partition coefficient (Wildman–Crippen LogP) is 2.52. The first-order valence-electron chi connectivity index (χ1n) is 9.12. The summed E-state index contributed by atoms with van der Waals surface area (Å²) in [5.74, 6) is 0.300. The van der Waals surface area contributed by atoms with Gasteiger partial charge >= 0.3 is 6.18 Å². The van der Waals surface area contributed by atoms with Crippen molar-refractivity contribution in [2.24, 2.45) is 0 Å². The Balaban J connectivity index is 1.83. The van der Waals surface area contributed by atoms with Crippen LogP contribution in [0.2, 0.25) is 0 Å². The molecule has 1 aliphatic rings. The molecule has 2 aromatic rings. The summed E-state index contributed by atoms with van der Waals surface area (Å²) >= 11 is 0. The summed E-state index contributed by atoms with van der Waals surface area (Å²) in [7, 11) is 1.41. The van der Waals surface area contributed by atoms with Crippen LogP contribution in [-0.4, -0.2) is 62.2 Å². The minimum Gasteiger partial charge on any atom is -0.494 e. The molecular formula is C19H23F3N4O2. The Morgan fingerprint density at radius 2 is 1.89 bits per heavy atom. The molecule has 1 amide bonds. The van der Waals surface area contributed by atoms with Gasteiger partial charge in [-0.3, -0.25) is 9.69 Å². The molecule has 0 unspecified atom stereocenters. The van der Waals surface area contributed by atoms with Gasteiger partial charge in [-0.05, 0) is 31.2 Å². The van der Waals surface area contributed by atoms with E-state index >= 15 is 0 Å². The summed E-state index contributed by atoms with van der Waals surface area (Å²) in [4.78, 5) is 19.7. The molecule has 0 spiro atoms. The molecular weight excluding hydrogens is 373 g/mol. The summed E-state index contributed by atoms with van der Waals surface area (Å²) in [6, 6.07) is 5.93. The molecule has 9 heteroatoms. The number of pyridine rings is 1. The molecule has 1 aliphatic heterocycles. The average molecular weight is 396 g/mol. The van der Waals surface area contributed by atoms with Gasteiger partial charge in [0.15, 0.2) is 0 Å². The van der Waals surface area contributed by atoms with Crippen LogP contribution in [0, 0.1) is 0 Å². The van der Waals surface area contributed by atoms with Crippen molar-refractivity contribution in [2.45, 2.75) is 13.1 Å². The number of benzene rings is 1. The zero-order chi connectivity index (χ0) is 20.3. The highest BCUT2D eigenvalue weighted by molar-refractivity contribution is 5.96. The fourth-order valence-corrected chi connectivity index (χ4v) is 3.38. The predicted molar refractivity (Wildman–Crippen MR) is 101 cm³/mol. The number of methoxy groups -OCH3 is 1. The number of anilines is 1. The van der Waals surface area contributed by atoms with Crippen molar-refractivity contribution in [1.82, 2.24) is 15.2 Å². The van der Waals surface area contributed by atoms with Gasteiger partial charge in [0, 0.05) is 43.8 Å². The highest BCUT2D eigenvalue weighted by Gasteiger charge is 2.33. The van der Waals surface area contributed by atoms with Crippen LogP contribution in [0.4, 0.5) is 18.9 Å². The van der Waals surface area contributed by atoms with Gasteiger partial charge in [0.05, 0.1) is 13.7 Å². The Labute approximate surface area is 161 Å². The van der Waals surface area contributed by atoms with Crippen LogP contribution < -0.4 is 15.0 Å². The lowest BCUT2D eigenvalue weighted by Crippen LogP contribution is -2.49. The fraction of sp³-hybridized carbons (Fsp3) is 0.474. The van der Waals surface area contributed by atoms with Crippen molar-refractivity contribution in [3.05, 3.63) is 30.0 Å². The lowest BCUT2D eigenvalue weighted by atomic mass is 10.1. The third-order valence-electron chi connectivity index (χ3n) is 4.76. The van der Waals surface area contributed by atoms with Crippen LogP contribution in [0.3, 0.4) is 0 Å². The number of aromatic nitrogens is 1. The van der Waals surface area contributed by atoms with E-state index in [1.165, 1.54) is 13.2 Å². The number of amides is 1. The molecule has 1 N–H and O–H groups in total. The van der Waals surface area contributed by atoms with Crippen LogP contribution in [0.25, 0.3) is 10.9 Å². The summed E-state index contributed by atoms with van der Waals surface area (Å²) < 4.78 is 44.4. The Morgan fingerprint density at radius 3 is 2.50 bits per heavy atom. The van der Waals surface area contributed by atoms with E-state index in [2.05, 4.69) is 20.1 Å². The van der Waals surface area contributed by atoms with Crippen LogP contribution in [0.5, 0.6) is 5.75 Å². The largest absolute Gasteiger partial charge is 0.494 e. The molecule has 0 radical (unpaired) electrons. The summed E-state index contributed by atoms with van der Waals surface area (Å²) in [6.45, 7) is 5.55. The van der Waals surface area contributed by atoms with Crippen molar-refractivity contribution in [3.63, 3.8) is 0 Å². The van der Waals surface area contributed by atoms with Gasteiger partial charge in [0.25, 0.3) is 0 Å². The molecule has 3 rings (SSSR count). The zero-order valence-electron chi connectivity index (χ0n) is 15.8. The van der Waals surface area contributed by atoms with Crippen molar-refractivity contribution < 1.29 is 22.7 Å². The summed E-state index contributed by atoms with van der Waals surface area (Å²) in [5, 5.41) is 3.40. The first-order valence-corrected chi connectivity index (χ1v) is 9.12. The van der Waals surface area contributed by atoms with Gasteiger partial charge < -0.3 is 15.0 Å². The number of fused-ring (bicyclic) bond motifs is 1. The number of nitrogens with zero attached hydrogens (tertiary/aromatic N) is 3. The minimum absolute atomic E-state index is 0.00488. The Kier molecular flexibility index (Phi) is 5.93. The highest BCUT2D eigenvalue weighted by atomic mass is 19.4. The monoisotopic (exact) mass is 396 g/mol. The van der Waals surface area contributed by atoms with Gasteiger partial charge in [-0.2, -0.15) is 13.2 Å². The second-order valence-corrected chi connectivity index (χ2v) is 6.59. The third kappa shape index (κ3) is 4.30. The number of hydrogen-bond donors (Lipinski definition) is 1. The molecule has 1 fully saturated rings. The van der Waals surface area contributed by atoms with Crippen LogP contribution in [0.15, 0.2) is 24.3 Å². The fourth-order valence-electron chi connectivity index (χ4n) is 3.38. The van der Waals surface area contributed by atoms with Gasteiger partial charge in [-0.15, -0.1) is 0 Å². The molecule has 152 valence electrons. The molecule has 1 aromatic carbocycles. The van der Waals surface area contributed by atoms with Gasteiger partial charge in [-0.1, -0.05) is 0 Å². The number of alkyl halides is 3. The maximum atomic E-state index is 13.1. The molecule has 0 atom stereocenters. The molecule has 1 saturated heterocycles. The number of rotatable bonds is 5. The molecule has 0 aliphatic carbocycles. The summed E-state index contributed by atoms with van der Waals surface area (Å²) in [5.41, 5.74) is 0.0662. The first-order chi connectivity index (χ1) is 13.3. The van der Waals surface area contributed by atoms with Crippen molar-refractivity contribution in [1.29, 1.82) is 0 Å². The van der Waals surface area contributed by atoms with E-state index in [9.17, 15) is 18.0 Å². The van der Waals surface area contributed by atoms with Gasteiger partial charge in [0.2, 0.25) is 5.91 Å². The number of piperazine rings is 1. The van der Waals surface area contributed by atoms with Crippen LogP contribution in [0.1, 0.15) is 12.6 Å². The maximum Gasteiger partial charge on any atom is 0.433 e. The van der Waals surface area contributed by atoms with E-state index in [-0.39, 0.29) is 11.4 Å². The Morgan fingerprint density at radius 1 is 1.18 bits per heavy atom. The van der Waals surface area contributed by atoms with E-state index in [4.69, 9.17) is 4.74 Å². The number of hydrogen-bond acceptors (Lipinski definition) is 5. The molecule has 28 heavy (non-hydrogen) atoms. The van der Waals surface area contributed by atoms with Crippen LogP contribution in [-0.2, 0) is 11.0 Å². The summed E-state index contributed by atoms with van der Waals surface area (Å²) in [6.07, 6.45) is -4.51. The SMILES string of the molecule is CCNC(=O)CN1CCN(c2ccc(OC)c3nc(C(F)(F)F)ccc23)CC1. The average Bonchev–Trinajstić information content (AvgIpc) is 2.67. The number of ether oxygens (including phenoxy) is 1. The van der Waals surface area contributed by atoms with Crippen LogP contribution >= 0.6 is 0 Å². The minimum atomic E-state index is -4.51. The standard InChI is InChI=1S/C19H23F3N4O2/c1-3-23-17(27)12-25-8-10-26(11-9-25)14-5-6-15(28-2)18-13(14)4-7-16(24-18)19(20,21)22/h4-7H,3,8-12H2,1-2H3,(H,23,27). The van der Waals surface area contributed by atoms with E-state index in [0.29, 0.717) is 50.4 Å². The molecule has 1 aromatic heterocycles. The number of carbonyl (C=O) groups is 1. The highest BCUT2D eigenvalue weighted by Crippen LogP contribution is 2.36. The molecule has 6 nitrogen and oxygen atoms in total. The topological polar surface area (TPSA) is 57.7 Å². The van der Waals surface area contributed by atoms with E-state index in [1.54, 1.807) is 6.07 Å². The third-order valence-corrected chi connectivity index (χ3v) is 4.76.